The van der Waals surface area contributed by atoms with Crippen LogP contribution >= 0.6 is 0 Å². The van der Waals surface area contributed by atoms with E-state index in [1.165, 1.54) is 0 Å². The molecule has 1 saturated heterocycles. The van der Waals surface area contributed by atoms with Crippen LogP contribution in [-0.4, -0.2) is 53.6 Å². The molecule has 22 heavy (non-hydrogen) atoms. The lowest BCUT2D eigenvalue weighted by Crippen LogP contribution is -2.47. The number of carbonyl (C=O) groups excluding carboxylic acids is 1. The second kappa shape index (κ2) is 6.79. The molecule has 1 amide bonds. The second-order valence-electron chi connectivity index (χ2n) is 5.53. The third-order valence-corrected chi connectivity index (χ3v) is 3.82. The van der Waals surface area contributed by atoms with Crippen molar-refractivity contribution in [2.24, 2.45) is 0 Å². The summed E-state index contributed by atoms with van der Waals surface area (Å²) in [6, 6.07) is 5.70. The zero-order chi connectivity index (χ0) is 15.4. The Balaban J connectivity index is 1.62. The van der Waals surface area contributed by atoms with E-state index in [0.717, 1.165) is 55.9 Å². The Hall–Kier alpha value is -2.08. The molecule has 2 aromatic rings. The van der Waals surface area contributed by atoms with Crippen LogP contribution in [0.3, 0.4) is 0 Å². The number of fused-ring (bicyclic) bond motifs is 1. The van der Waals surface area contributed by atoms with Gasteiger partial charge in [-0.05, 0) is 18.6 Å². The number of aryl methyl sites for hydroxylation is 1. The van der Waals surface area contributed by atoms with E-state index in [9.17, 15) is 4.79 Å². The van der Waals surface area contributed by atoms with E-state index in [1.54, 1.807) is 0 Å². The van der Waals surface area contributed by atoms with Gasteiger partial charge in [0.05, 0.1) is 11.0 Å². The number of aromatic amines is 1. The maximum absolute atomic E-state index is 12.1. The fourth-order valence-electron chi connectivity index (χ4n) is 2.64. The first-order valence-electron chi connectivity index (χ1n) is 7.86. The van der Waals surface area contributed by atoms with Crippen molar-refractivity contribution in [3.05, 3.63) is 24.0 Å². The highest BCUT2D eigenvalue weighted by Gasteiger charge is 2.16. The van der Waals surface area contributed by atoms with Gasteiger partial charge in [0.25, 0.3) is 5.91 Å². The van der Waals surface area contributed by atoms with Crippen LogP contribution in [0.5, 0.6) is 5.75 Å². The van der Waals surface area contributed by atoms with Gasteiger partial charge in [0, 0.05) is 38.7 Å². The normalized spacial score (nSPS) is 15.2. The molecule has 0 bridgehead atoms. The second-order valence-corrected chi connectivity index (χ2v) is 5.53. The molecule has 118 valence electrons. The Labute approximate surface area is 129 Å². The number of H-pyrrole nitrogens is 1. The van der Waals surface area contributed by atoms with Crippen molar-refractivity contribution in [3.8, 4) is 5.75 Å². The first kappa shape index (κ1) is 14.8. The number of ether oxygens (including phenoxy) is 1. The molecule has 6 nitrogen and oxygen atoms in total. The fourth-order valence-corrected chi connectivity index (χ4v) is 2.64. The zero-order valence-electron chi connectivity index (χ0n) is 12.9. The first-order chi connectivity index (χ1) is 10.8. The smallest absolute Gasteiger partial charge is 0.260 e. The van der Waals surface area contributed by atoms with Gasteiger partial charge < -0.3 is 19.9 Å². The summed E-state index contributed by atoms with van der Waals surface area (Å²) in [5.41, 5.74) is 1.89. The highest BCUT2D eigenvalue weighted by molar-refractivity contribution is 5.79. The van der Waals surface area contributed by atoms with Gasteiger partial charge in [0.2, 0.25) is 0 Å². The summed E-state index contributed by atoms with van der Waals surface area (Å²) in [6.45, 7) is 5.42. The molecule has 0 saturated carbocycles. The SMILES string of the molecule is CCCc1nc2ccc(OCC(=O)N3CCNCC3)cc2[nH]1. The van der Waals surface area contributed by atoms with E-state index in [0.29, 0.717) is 5.75 Å². The molecule has 6 heteroatoms. The summed E-state index contributed by atoms with van der Waals surface area (Å²) in [5, 5.41) is 3.23. The predicted molar refractivity (Wildman–Crippen MR) is 85.0 cm³/mol. The fraction of sp³-hybridized carbons (Fsp3) is 0.500. The molecule has 0 unspecified atom stereocenters. The number of amides is 1. The van der Waals surface area contributed by atoms with E-state index in [2.05, 4.69) is 22.2 Å². The van der Waals surface area contributed by atoms with Gasteiger partial charge in [-0.3, -0.25) is 4.79 Å². The number of nitrogens with zero attached hydrogens (tertiary/aromatic N) is 2. The molecule has 2 heterocycles. The molecule has 0 atom stereocenters. The Bertz CT molecular complexity index is 647. The average molecular weight is 302 g/mol. The molecule has 1 aromatic carbocycles. The van der Waals surface area contributed by atoms with Crippen LogP contribution in [0.1, 0.15) is 19.2 Å². The Morgan fingerprint density at radius 1 is 1.36 bits per heavy atom. The quantitative estimate of drug-likeness (QED) is 0.874. The van der Waals surface area contributed by atoms with E-state index in [4.69, 9.17) is 4.74 Å². The molecule has 2 N–H and O–H groups in total. The van der Waals surface area contributed by atoms with Crippen molar-refractivity contribution in [3.63, 3.8) is 0 Å². The minimum atomic E-state index is 0.0397. The number of imidazole rings is 1. The summed E-state index contributed by atoms with van der Waals surface area (Å²) in [4.78, 5) is 21.7. The number of rotatable bonds is 5. The van der Waals surface area contributed by atoms with Crippen LogP contribution in [0.2, 0.25) is 0 Å². The van der Waals surface area contributed by atoms with E-state index in [-0.39, 0.29) is 12.5 Å². The van der Waals surface area contributed by atoms with Crippen molar-refractivity contribution in [2.45, 2.75) is 19.8 Å². The van der Waals surface area contributed by atoms with Gasteiger partial charge in [-0.25, -0.2) is 4.98 Å². The summed E-state index contributed by atoms with van der Waals surface area (Å²) in [6.07, 6.45) is 1.99. The molecule has 1 fully saturated rings. The van der Waals surface area contributed by atoms with E-state index in [1.807, 2.05) is 23.1 Å². The minimum Gasteiger partial charge on any atom is -0.484 e. The number of benzene rings is 1. The summed E-state index contributed by atoms with van der Waals surface area (Å²) >= 11 is 0. The van der Waals surface area contributed by atoms with Crippen molar-refractivity contribution >= 4 is 16.9 Å². The Kier molecular flexibility index (Phi) is 4.58. The molecular weight excluding hydrogens is 280 g/mol. The lowest BCUT2D eigenvalue weighted by atomic mass is 10.3. The third kappa shape index (κ3) is 3.39. The largest absolute Gasteiger partial charge is 0.484 e. The number of hydrogen-bond acceptors (Lipinski definition) is 4. The summed E-state index contributed by atoms with van der Waals surface area (Å²) in [7, 11) is 0. The molecule has 1 aromatic heterocycles. The van der Waals surface area contributed by atoms with Crippen LogP contribution in [0.25, 0.3) is 11.0 Å². The maximum Gasteiger partial charge on any atom is 0.260 e. The van der Waals surface area contributed by atoms with Gasteiger partial charge in [-0.15, -0.1) is 0 Å². The number of nitrogens with one attached hydrogen (secondary N) is 2. The van der Waals surface area contributed by atoms with Gasteiger partial charge in [0.15, 0.2) is 6.61 Å². The predicted octanol–water partition coefficient (Wildman–Crippen LogP) is 1.33. The summed E-state index contributed by atoms with van der Waals surface area (Å²) in [5.74, 6) is 1.73. The van der Waals surface area contributed by atoms with Crippen molar-refractivity contribution in [2.75, 3.05) is 32.8 Å². The molecule has 1 aliphatic rings. The van der Waals surface area contributed by atoms with Gasteiger partial charge in [-0.2, -0.15) is 0 Å². The highest BCUT2D eigenvalue weighted by Crippen LogP contribution is 2.19. The minimum absolute atomic E-state index is 0.0397. The highest BCUT2D eigenvalue weighted by atomic mass is 16.5. The lowest BCUT2D eigenvalue weighted by molar-refractivity contribution is -0.133. The Morgan fingerprint density at radius 3 is 2.95 bits per heavy atom. The third-order valence-electron chi connectivity index (χ3n) is 3.82. The van der Waals surface area contributed by atoms with Crippen molar-refractivity contribution in [1.29, 1.82) is 0 Å². The van der Waals surface area contributed by atoms with E-state index < -0.39 is 0 Å². The Morgan fingerprint density at radius 2 is 2.18 bits per heavy atom. The lowest BCUT2D eigenvalue weighted by Gasteiger charge is -2.27. The van der Waals surface area contributed by atoms with Crippen molar-refractivity contribution < 1.29 is 9.53 Å². The monoisotopic (exact) mass is 302 g/mol. The molecule has 0 radical (unpaired) electrons. The molecule has 1 aliphatic heterocycles. The number of aromatic nitrogens is 2. The van der Waals surface area contributed by atoms with Gasteiger partial charge >= 0.3 is 0 Å². The summed E-state index contributed by atoms with van der Waals surface area (Å²) < 4.78 is 5.64. The standard InChI is InChI=1S/C16H22N4O2/c1-2-3-15-18-13-5-4-12(10-14(13)19-15)22-11-16(21)20-8-6-17-7-9-20/h4-5,10,17H,2-3,6-9,11H2,1H3,(H,18,19). The van der Waals surface area contributed by atoms with Gasteiger partial charge in [0.1, 0.15) is 11.6 Å². The molecule has 3 rings (SSSR count). The van der Waals surface area contributed by atoms with Crippen LogP contribution < -0.4 is 10.1 Å². The van der Waals surface area contributed by atoms with Crippen LogP contribution in [-0.2, 0) is 11.2 Å². The number of hydrogen-bond donors (Lipinski definition) is 2. The van der Waals surface area contributed by atoms with Crippen LogP contribution in [0.4, 0.5) is 0 Å². The topological polar surface area (TPSA) is 70.2 Å². The van der Waals surface area contributed by atoms with Crippen LogP contribution in [0, 0.1) is 0 Å². The zero-order valence-corrected chi connectivity index (χ0v) is 12.9. The molecular formula is C16H22N4O2. The average Bonchev–Trinajstić information content (AvgIpc) is 2.95. The molecule has 0 aliphatic carbocycles. The number of piperazine rings is 1. The van der Waals surface area contributed by atoms with Crippen molar-refractivity contribution in [1.82, 2.24) is 20.2 Å². The first-order valence-corrected chi connectivity index (χ1v) is 7.86. The molecule has 0 spiro atoms. The number of carbonyl (C=O) groups is 1. The van der Waals surface area contributed by atoms with Gasteiger partial charge in [-0.1, -0.05) is 6.92 Å². The van der Waals surface area contributed by atoms with E-state index >= 15 is 0 Å². The van der Waals surface area contributed by atoms with Crippen LogP contribution in [0.15, 0.2) is 18.2 Å². The maximum atomic E-state index is 12.1.